The molecule has 1 aromatic rings. The van der Waals surface area contributed by atoms with Gasteiger partial charge in [-0.3, -0.25) is 9.69 Å². The minimum Gasteiger partial charge on any atom is -0.337 e. The Morgan fingerprint density at radius 1 is 1.43 bits per heavy atom. The number of likely N-dealkylation sites (tertiary alicyclic amines) is 1. The number of nitrogens with zero attached hydrogens (tertiary/aromatic N) is 2. The van der Waals surface area contributed by atoms with Gasteiger partial charge in [0.25, 0.3) is 0 Å². The molecular weight excluding hydrogens is 262 g/mol. The number of piperidine rings is 1. The van der Waals surface area contributed by atoms with Gasteiger partial charge in [-0.15, -0.1) is 0 Å². The monoisotopic (exact) mass is 289 g/mol. The largest absolute Gasteiger partial charge is 0.337 e. The number of likely N-dealkylation sites (N-methyl/N-ethyl adjacent to an activating group) is 1. The van der Waals surface area contributed by atoms with Gasteiger partial charge < -0.3 is 10.6 Å². The highest BCUT2D eigenvalue weighted by molar-refractivity contribution is 5.81. The summed E-state index contributed by atoms with van der Waals surface area (Å²) in [6.45, 7) is 7.56. The van der Waals surface area contributed by atoms with E-state index in [2.05, 4.69) is 29.2 Å². The zero-order valence-electron chi connectivity index (χ0n) is 13.2. The van der Waals surface area contributed by atoms with Gasteiger partial charge in [-0.1, -0.05) is 30.3 Å². The van der Waals surface area contributed by atoms with E-state index in [0.29, 0.717) is 6.04 Å². The molecule has 0 aliphatic carbocycles. The third-order valence-corrected chi connectivity index (χ3v) is 4.18. The van der Waals surface area contributed by atoms with Gasteiger partial charge in [-0.25, -0.2) is 0 Å². The molecule has 2 unspecified atom stereocenters. The zero-order valence-corrected chi connectivity index (χ0v) is 13.2. The normalized spacial score (nSPS) is 21.0. The fourth-order valence-electron chi connectivity index (χ4n) is 3.13. The quantitative estimate of drug-likeness (QED) is 0.900. The number of carbonyl (C=O) groups excluding carboxylic acids is 1. The summed E-state index contributed by atoms with van der Waals surface area (Å²) in [6.07, 6.45) is 2.22. The summed E-state index contributed by atoms with van der Waals surface area (Å²) >= 11 is 0. The number of hydrogen-bond acceptors (Lipinski definition) is 3. The van der Waals surface area contributed by atoms with Crippen molar-refractivity contribution in [2.45, 2.75) is 45.3 Å². The second kappa shape index (κ2) is 7.57. The van der Waals surface area contributed by atoms with Crippen molar-refractivity contribution < 1.29 is 4.79 Å². The highest BCUT2D eigenvalue weighted by atomic mass is 16.2. The van der Waals surface area contributed by atoms with Crippen molar-refractivity contribution in [2.75, 3.05) is 19.6 Å². The molecule has 2 rings (SSSR count). The summed E-state index contributed by atoms with van der Waals surface area (Å²) in [6, 6.07) is 10.4. The SMILES string of the molecule is CCN(C(=O)C(C)N)C1CCCN(Cc2ccccc2)C1. The first-order valence-corrected chi connectivity index (χ1v) is 7.94. The molecule has 4 nitrogen and oxygen atoms in total. The smallest absolute Gasteiger partial charge is 0.239 e. The predicted molar refractivity (Wildman–Crippen MR) is 85.8 cm³/mol. The number of amides is 1. The van der Waals surface area contributed by atoms with E-state index in [-0.39, 0.29) is 5.91 Å². The van der Waals surface area contributed by atoms with Gasteiger partial charge in [0, 0.05) is 25.7 Å². The van der Waals surface area contributed by atoms with Crippen LogP contribution >= 0.6 is 0 Å². The molecule has 1 aromatic carbocycles. The van der Waals surface area contributed by atoms with Gasteiger partial charge in [0.05, 0.1) is 6.04 Å². The molecule has 4 heteroatoms. The molecule has 0 radical (unpaired) electrons. The molecule has 0 spiro atoms. The van der Waals surface area contributed by atoms with Crippen LogP contribution in [0.2, 0.25) is 0 Å². The molecule has 1 amide bonds. The highest BCUT2D eigenvalue weighted by Gasteiger charge is 2.28. The average Bonchev–Trinajstić information content (AvgIpc) is 2.49. The van der Waals surface area contributed by atoms with Crippen LogP contribution in [0.1, 0.15) is 32.3 Å². The third kappa shape index (κ3) is 4.29. The Balaban J connectivity index is 1.98. The highest BCUT2D eigenvalue weighted by Crippen LogP contribution is 2.18. The van der Waals surface area contributed by atoms with Crippen molar-refractivity contribution in [1.82, 2.24) is 9.80 Å². The Morgan fingerprint density at radius 3 is 2.76 bits per heavy atom. The van der Waals surface area contributed by atoms with Gasteiger partial charge in [0.2, 0.25) is 5.91 Å². The first-order chi connectivity index (χ1) is 10.1. The Hall–Kier alpha value is -1.39. The molecular formula is C17H27N3O. The van der Waals surface area contributed by atoms with E-state index in [0.717, 1.165) is 39.0 Å². The second-order valence-corrected chi connectivity index (χ2v) is 5.93. The van der Waals surface area contributed by atoms with E-state index in [1.165, 1.54) is 5.56 Å². The minimum absolute atomic E-state index is 0.0732. The average molecular weight is 289 g/mol. The molecule has 1 fully saturated rings. The van der Waals surface area contributed by atoms with Crippen molar-refractivity contribution in [2.24, 2.45) is 5.73 Å². The Bertz CT molecular complexity index is 447. The number of hydrogen-bond donors (Lipinski definition) is 1. The van der Waals surface area contributed by atoms with Gasteiger partial charge in [-0.05, 0) is 38.8 Å². The van der Waals surface area contributed by atoms with Crippen LogP contribution < -0.4 is 5.73 Å². The summed E-state index contributed by atoms with van der Waals surface area (Å²) in [5, 5.41) is 0. The molecule has 2 N–H and O–H groups in total. The number of rotatable bonds is 5. The summed E-state index contributed by atoms with van der Waals surface area (Å²) in [5.74, 6) is 0.0732. The summed E-state index contributed by atoms with van der Waals surface area (Å²) in [4.78, 5) is 16.6. The number of nitrogens with two attached hydrogens (primary N) is 1. The topological polar surface area (TPSA) is 49.6 Å². The maximum atomic E-state index is 12.2. The third-order valence-electron chi connectivity index (χ3n) is 4.18. The van der Waals surface area contributed by atoms with Crippen LogP contribution in [0.5, 0.6) is 0 Å². The van der Waals surface area contributed by atoms with Gasteiger partial charge >= 0.3 is 0 Å². The molecule has 1 heterocycles. The van der Waals surface area contributed by atoms with Gasteiger partial charge in [0.1, 0.15) is 0 Å². The molecule has 21 heavy (non-hydrogen) atoms. The standard InChI is InChI=1S/C17H27N3O/c1-3-20(17(21)14(2)18)16-10-7-11-19(13-16)12-15-8-5-4-6-9-15/h4-6,8-9,14,16H,3,7,10-13,18H2,1-2H3. The Kier molecular flexibility index (Phi) is 5.76. The van der Waals surface area contributed by atoms with E-state index < -0.39 is 6.04 Å². The summed E-state index contributed by atoms with van der Waals surface area (Å²) in [7, 11) is 0. The predicted octanol–water partition coefficient (Wildman–Crippen LogP) is 1.85. The van der Waals surface area contributed by atoms with Crippen LogP contribution in [0, 0.1) is 0 Å². The van der Waals surface area contributed by atoms with Crippen molar-refractivity contribution >= 4 is 5.91 Å². The maximum Gasteiger partial charge on any atom is 0.239 e. The Morgan fingerprint density at radius 2 is 2.14 bits per heavy atom. The summed E-state index contributed by atoms with van der Waals surface area (Å²) in [5.41, 5.74) is 7.11. The fourth-order valence-corrected chi connectivity index (χ4v) is 3.13. The van der Waals surface area contributed by atoms with Gasteiger partial charge in [-0.2, -0.15) is 0 Å². The van der Waals surface area contributed by atoms with Crippen LogP contribution in [0.15, 0.2) is 30.3 Å². The van der Waals surface area contributed by atoms with E-state index in [4.69, 9.17) is 5.73 Å². The first kappa shape index (κ1) is 16.0. The zero-order chi connectivity index (χ0) is 15.2. The fraction of sp³-hybridized carbons (Fsp3) is 0.588. The molecule has 1 aliphatic rings. The maximum absolute atomic E-state index is 12.2. The molecule has 0 saturated carbocycles. The van der Waals surface area contributed by atoms with Crippen LogP contribution in [0.25, 0.3) is 0 Å². The lowest BCUT2D eigenvalue weighted by atomic mass is 10.0. The molecule has 0 aromatic heterocycles. The van der Waals surface area contributed by atoms with Crippen molar-refractivity contribution in [3.8, 4) is 0 Å². The lowest BCUT2D eigenvalue weighted by Crippen LogP contribution is -2.53. The van der Waals surface area contributed by atoms with Crippen LogP contribution in [-0.4, -0.2) is 47.4 Å². The molecule has 1 aliphatic heterocycles. The van der Waals surface area contributed by atoms with Crippen molar-refractivity contribution in [1.29, 1.82) is 0 Å². The molecule has 116 valence electrons. The van der Waals surface area contributed by atoms with Gasteiger partial charge in [0.15, 0.2) is 0 Å². The van der Waals surface area contributed by atoms with Crippen molar-refractivity contribution in [3.63, 3.8) is 0 Å². The lowest BCUT2D eigenvalue weighted by molar-refractivity contribution is -0.135. The van der Waals surface area contributed by atoms with Crippen LogP contribution in [-0.2, 0) is 11.3 Å². The van der Waals surface area contributed by atoms with E-state index >= 15 is 0 Å². The number of carbonyl (C=O) groups is 1. The minimum atomic E-state index is -0.408. The molecule has 0 bridgehead atoms. The van der Waals surface area contributed by atoms with Crippen LogP contribution in [0.4, 0.5) is 0 Å². The molecule has 1 saturated heterocycles. The van der Waals surface area contributed by atoms with Crippen molar-refractivity contribution in [3.05, 3.63) is 35.9 Å². The van der Waals surface area contributed by atoms with Crippen LogP contribution in [0.3, 0.4) is 0 Å². The number of benzene rings is 1. The Labute approximate surface area is 127 Å². The first-order valence-electron chi connectivity index (χ1n) is 7.94. The van der Waals surface area contributed by atoms with E-state index in [1.807, 2.05) is 17.9 Å². The van der Waals surface area contributed by atoms with E-state index in [9.17, 15) is 4.79 Å². The second-order valence-electron chi connectivity index (χ2n) is 5.93. The molecule has 2 atom stereocenters. The van der Waals surface area contributed by atoms with E-state index in [1.54, 1.807) is 6.92 Å². The lowest BCUT2D eigenvalue weighted by Gasteiger charge is -2.39. The summed E-state index contributed by atoms with van der Waals surface area (Å²) < 4.78 is 0.